The van der Waals surface area contributed by atoms with Crippen molar-refractivity contribution in [3.05, 3.63) is 35.9 Å². The highest BCUT2D eigenvalue weighted by atomic mass is 16.3. The van der Waals surface area contributed by atoms with Crippen LogP contribution in [0.3, 0.4) is 0 Å². The molecule has 3 N–H and O–H groups in total. The molecule has 1 aliphatic rings. The quantitative estimate of drug-likeness (QED) is 0.840. The van der Waals surface area contributed by atoms with Gasteiger partial charge in [0.1, 0.15) is 0 Å². The summed E-state index contributed by atoms with van der Waals surface area (Å²) in [4.78, 5) is 0. The van der Waals surface area contributed by atoms with Crippen molar-refractivity contribution >= 4 is 0 Å². The predicted molar refractivity (Wildman–Crippen MR) is 75.3 cm³/mol. The van der Waals surface area contributed by atoms with E-state index in [1.807, 2.05) is 6.07 Å². The molecule has 1 aromatic rings. The Bertz CT molecular complexity index is 343. The van der Waals surface area contributed by atoms with E-state index in [0.717, 1.165) is 25.7 Å². The standard InChI is InChI=1S/C16H25NO/c17-13-16(11-5-2-6-12-16)15(18)10-9-14-7-3-1-4-8-14/h1,3-4,7-8,15,18H,2,5-6,9-13,17H2. The molecule has 100 valence electrons. The molecule has 0 spiro atoms. The summed E-state index contributed by atoms with van der Waals surface area (Å²) in [6.45, 7) is 0.628. The highest BCUT2D eigenvalue weighted by molar-refractivity contribution is 5.14. The first-order valence-electron chi connectivity index (χ1n) is 7.19. The van der Waals surface area contributed by atoms with Crippen LogP contribution in [0.2, 0.25) is 0 Å². The zero-order valence-corrected chi connectivity index (χ0v) is 11.1. The molecule has 18 heavy (non-hydrogen) atoms. The smallest absolute Gasteiger partial charge is 0.0611 e. The number of nitrogens with two attached hydrogens (primary N) is 1. The molecule has 1 fully saturated rings. The number of hydrogen-bond donors (Lipinski definition) is 2. The highest BCUT2D eigenvalue weighted by Crippen LogP contribution is 2.39. The number of benzene rings is 1. The van der Waals surface area contributed by atoms with Gasteiger partial charge in [0, 0.05) is 12.0 Å². The van der Waals surface area contributed by atoms with E-state index < -0.39 is 0 Å². The number of aryl methyl sites for hydroxylation is 1. The SMILES string of the molecule is NCC1(C(O)CCc2ccccc2)CCCCC1. The average molecular weight is 247 g/mol. The molecule has 0 heterocycles. The van der Waals surface area contributed by atoms with Gasteiger partial charge in [0.15, 0.2) is 0 Å². The molecule has 0 bridgehead atoms. The molecule has 1 aromatic carbocycles. The average Bonchev–Trinajstić information content (AvgIpc) is 2.46. The topological polar surface area (TPSA) is 46.2 Å². The van der Waals surface area contributed by atoms with Crippen LogP contribution in [-0.4, -0.2) is 17.8 Å². The first-order valence-corrected chi connectivity index (χ1v) is 7.19. The molecule has 2 heteroatoms. The van der Waals surface area contributed by atoms with Gasteiger partial charge in [-0.25, -0.2) is 0 Å². The van der Waals surface area contributed by atoms with Crippen molar-refractivity contribution in [3.63, 3.8) is 0 Å². The maximum Gasteiger partial charge on any atom is 0.0611 e. The Morgan fingerprint density at radius 3 is 2.39 bits per heavy atom. The van der Waals surface area contributed by atoms with Crippen molar-refractivity contribution in [3.8, 4) is 0 Å². The third-order valence-corrected chi connectivity index (χ3v) is 4.51. The Hall–Kier alpha value is -0.860. The lowest BCUT2D eigenvalue weighted by molar-refractivity contribution is -0.00259. The fourth-order valence-electron chi connectivity index (χ4n) is 3.18. The maximum atomic E-state index is 10.5. The van der Waals surface area contributed by atoms with E-state index in [1.54, 1.807) is 0 Å². The van der Waals surface area contributed by atoms with Crippen molar-refractivity contribution in [1.29, 1.82) is 0 Å². The molecular formula is C16H25NO. The van der Waals surface area contributed by atoms with E-state index in [4.69, 9.17) is 5.73 Å². The number of hydrogen-bond acceptors (Lipinski definition) is 2. The summed E-state index contributed by atoms with van der Waals surface area (Å²) in [7, 11) is 0. The van der Waals surface area contributed by atoms with Crippen LogP contribution in [0.5, 0.6) is 0 Å². The number of aliphatic hydroxyl groups is 1. The van der Waals surface area contributed by atoms with Crippen LogP contribution < -0.4 is 5.73 Å². The second-order valence-corrected chi connectivity index (χ2v) is 5.67. The summed E-state index contributed by atoms with van der Waals surface area (Å²) in [5.74, 6) is 0. The monoisotopic (exact) mass is 247 g/mol. The molecule has 0 radical (unpaired) electrons. The molecule has 0 aromatic heterocycles. The van der Waals surface area contributed by atoms with Crippen LogP contribution in [-0.2, 0) is 6.42 Å². The van der Waals surface area contributed by atoms with Gasteiger partial charge in [0.25, 0.3) is 0 Å². The van der Waals surface area contributed by atoms with Gasteiger partial charge < -0.3 is 10.8 Å². The van der Waals surface area contributed by atoms with Gasteiger partial charge in [-0.1, -0.05) is 49.6 Å². The van der Waals surface area contributed by atoms with Crippen LogP contribution >= 0.6 is 0 Å². The normalized spacial score (nSPS) is 20.6. The van der Waals surface area contributed by atoms with Crippen molar-refractivity contribution < 1.29 is 5.11 Å². The lowest BCUT2D eigenvalue weighted by Crippen LogP contribution is -2.43. The van der Waals surface area contributed by atoms with Gasteiger partial charge in [-0.3, -0.25) is 0 Å². The zero-order valence-electron chi connectivity index (χ0n) is 11.1. The van der Waals surface area contributed by atoms with E-state index in [1.165, 1.54) is 24.8 Å². The highest BCUT2D eigenvalue weighted by Gasteiger charge is 2.37. The molecule has 0 aliphatic heterocycles. The van der Waals surface area contributed by atoms with Gasteiger partial charge in [0.05, 0.1) is 6.10 Å². The van der Waals surface area contributed by atoms with Crippen LogP contribution in [0, 0.1) is 5.41 Å². The van der Waals surface area contributed by atoms with Crippen LogP contribution in [0.4, 0.5) is 0 Å². The minimum atomic E-state index is -0.247. The summed E-state index contributed by atoms with van der Waals surface area (Å²) >= 11 is 0. The van der Waals surface area contributed by atoms with Gasteiger partial charge in [-0.15, -0.1) is 0 Å². The fraction of sp³-hybridized carbons (Fsp3) is 0.625. The van der Waals surface area contributed by atoms with Gasteiger partial charge in [0.2, 0.25) is 0 Å². The van der Waals surface area contributed by atoms with Crippen molar-refractivity contribution in [2.24, 2.45) is 11.1 Å². The van der Waals surface area contributed by atoms with Crippen molar-refractivity contribution in [2.75, 3.05) is 6.54 Å². The Morgan fingerprint density at radius 1 is 1.11 bits per heavy atom. The van der Waals surface area contributed by atoms with Crippen LogP contribution in [0.25, 0.3) is 0 Å². The summed E-state index contributed by atoms with van der Waals surface area (Å²) < 4.78 is 0. The Labute approximate surface area is 110 Å². The van der Waals surface area contributed by atoms with E-state index in [2.05, 4.69) is 24.3 Å². The first kappa shape index (κ1) is 13.6. The molecule has 1 atom stereocenters. The summed E-state index contributed by atoms with van der Waals surface area (Å²) in [6.07, 6.45) is 7.47. The molecular weight excluding hydrogens is 222 g/mol. The van der Waals surface area contributed by atoms with Crippen molar-refractivity contribution in [1.82, 2.24) is 0 Å². The second-order valence-electron chi connectivity index (χ2n) is 5.67. The minimum Gasteiger partial charge on any atom is -0.392 e. The van der Waals surface area contributed by atoms with Crippen molar-refractivity contribution in [2.45, 2.75) is 51.0 Å². The molecule has 1 saturated carbocycles. The summed E-state index contributed by atoms with van der Waals surface area (Å²) in [5.41, 5.74) is 7.25. The molecule has 1 aliphatic carbocycles. The van der Waals surface area contributed by atoms with Crippen LogP contribution in [0.15, 0.2) is 30.3 Å². The van der Waals surface area contributed by atoms with Gasteiger partial charge in [-0.2, -0.15) is 0 Å². The third-order valence-electron chi connectivity index (χ3n) is 4.51. The maximum absolute atomic E-state index is 10.5. The summed E-state index contributed by atoms with van der Waals surface area (Å²) in [6, 6.07) is 10.4. The van der Waals surface area contributed by atoms with E-state index >= 15 is 0 Å². The van der Waals surface area contributed by atoms with Crippen LogP contribution in [0.1, 0.15) is 44.1 Å². The molecule has 2 nitrogen and oxygen atoms in total. The second kappa shape index (κ2) is 6.35. The molecule has 0 amide bonds. The minimum absolute atomic E-state index is 0.00691. The van der Waals surface area contributed by atoms with Gasteiger partial charge >= 0.3 is 0 Å². The molecule has 2 rings (SSSR count). The van der Waals surface area contributed by atoms with E-state index in [0.29, 0.717) is 6.54 Å². The largest absolute Gasteiger partial charge is 0.392 e. The number of aliphatic hydroxyl groups excluding tert-OH is 1. The molecule has 0 saturated heterocycles. The zero-order chi connectivity index (χ0) is 12.8. The lowest BCUT2D eigenvalue weighted by atomic mass is 9.69. The Morgan fingerprint density at radius 2 is 1.78 bits per heavy atom. The Balaban J connectivity index is 1.91. The van der Waals surface area contributed by atoms with E-state index in [-0.39, 0.29) is 11.5 Å². The Kier molecular flexibility index (Phi) is 4.79. The first-order chi connectivity index (χ1) is 8.77. The number of rotatable bonds is 5. The van der Waals surface area contributed by atoms with Gasteiger partial charge in [-0.05, 0) is 31.2 Å². The van der Waals surface area contributed by atoms with E-state index in [9.17, 15) is 5.11 Å². The lowest BCUT2D eigenvalue weighted by Gasteiger charge is -2.40. The third kappa shape index (κ3) is 3.12. The fourth-order valence-corrected chi connectivity index (χ4v) is 3.18. The predicted octanol–water partition coefficient (Wildman–Crippen LogP) is 2.89. The summed E-state index contributed by atoms with van der Waals surface area (Å²) in [5, 5.41) is 10.5. The molecule has 1 unspecified atom stereocenters.